The summed E-state index contributed by atoms with van der Waals surface area (Å²) in [5, 5.41) is 2.80. The summed E-state index contributed by atoms with van der Waals surface area (Å²) in [4.78, 5) is 37.5. The predicted octanol–water partition coefficient (Wildman–Crippen LogP) is 3.91. The monoisotopic (exact) mass is 443 g/mol. The lowest BCUT2D eigenvalue weighted by Gasteiger charge is -2.31. The SMILES string of the molecule is Cc1ccc(CN(C)c2ccc(C(=O)N3CCC(C(=O)Nc4cnccn4)CC3)cc2)cc1. The number of likely N-dealkylation sites (tertiary alicyclic amines) is 1. The highest BCUT2D eigenvalue weighted by molar-refractivity contribution is 5.95. The van der Waals surface area contributed by atoms with Crippen LogP contribution in [-0.2, 0) is 11.3 Å². The smallest absolute Gasteiger partial charge is 0.253 e. The quantitative estimate of drug-likeness (QED) is 0.625. The number of carbonyl (C=O) groups is 2. The molecule has 1 aromatic heterocycles. The van der Waals surface area contributed by atoms with Gasteiger partial charge in [0.2, 0.25) is 5.91 Å². The molecule has 0 radical (unpaired) electrons. The molecule has 2 amide bonds. The maximum atomic E-state index is 13.0. The summed E-state index contributed by atoms with van der Waals surface area (Å²) in [5.74, 6) is 0.265. The highest BCUT2D eigenvalue weighted by Crippen LogP contribution is 2.22. The summed E-state index contributed by atoms with van der Waals surface area (Å²) in [5.41, 5.74) is 4.23. The Morgan fingerprint density at radius 3 is 2.36 bits per heavy atom. The molecule has 0 bridgehead atoms. The normalized spacial score (nSPS) is 14.1. The van der Waals surface area contributed by atoms with Crippen molar-refractivity contribution in [1.29, 1.82) is 0 Å². The number of aryl methyl sites for hydroxylation is 1. The van der Waals surface area contributed by atoms with E-state index in [4.69, 9.17) is 0 Å². The number of amides is 2. The molecule has 0 saturated carbocycles. The van der Waals surface area contributed by atoms with Crippen LogP contribution in [0.4, 0.5) is 11.5 Å². The number of nitrogens with zero attached hydrogens (tertiary/aromatic N) is 4. The molecule has 1 aliphatic rings. The lowest BCUT2D eigenvalue weighted by molar-refractivity contribution is -0.121. The van der Waals surface area contributed by atoms with Crippen molar-refractivity contribution in [3.05, 3.63) is 83.8 Å². The molecule has 3 aromatic rings. The topological polar surface area (TPSA) is 78.4 Å². The summed E-state index contributed by atoms with van der Waals surface area (Å²) in [7, 11) is 2.05. The molecule has 1 aliphatic heterocycles. The van der Waals surface area contributed by atoms with Gasteiger partial charge in [0.15, 0.2) is 5.82 Å². The number of piperidine rings is 1. The molecule has 0 spiro atoms. The van der Waals surface area contributed by atoms with Crippen molar-refractivity contribution in [3.8, 4) is 0 Å². The van der Waals surface area contributed by atoms with Crippen molar-refractivity contribution in [3.63, 3.8) is 0 Å². The van der Waals surface area contributed by atoms with Gasteiger partial charge in [-0.15, -0.1) is 0 Å². The third kappa shape index (κ3) is 5.74. The van der Waals surface area contributed by atoms with E-state index in [9.17, 15) is 9.59 Å². The van der Waals surface area contributed by atoms with E-state index in [-0.39, 0.29) is 17.7 Å². The number of aromatic nitrogens is 2. The summed E-state index contributed by atoms with van der Waals surface area (Å²) in [6.07, 6.45) is 5.90. The molecule has 1 N–H and O–H groups in total. The van der Waals surface area contributed by atoms with Crippen LogP contribution >= 0.6 is 0 Å². The van der Waals surface area contributed by atoms with E-state index in [1.165, 1.54) is 17.3 Å². The minimum Gasteiger partial charge on any atom is -0.370 e. The largest absolute Gasteiger partial charge is 0.370 e. The Kier molecular flexibility index (Phi) is 6.98. The fraction of sp³-hybridized carbons (Fsp3) is 0.308. The van der Waals surface area contributed by atoms with Gasteiger partial charge in [-0.2, -0.15) is 0 Å². The van der Waals surface area contributed by atoms with Gasteiger partial charge >= 0.3 is 0 Å². The molecular formula is C26H29N5O2. The fourth-order valence-corrected chi connectivity index (χ4v) is 4.04. The van der Waals surface area contributed by atoms with Gasteiger partial charge in [0.05, 0.1) is 6.20 Å². The van der Waals surface area contributed by atoms with E-state index < -0.39 is 0 Å². The highest BCUT2D eigenvalue weighted by Gasteiger charge is 2.28. The fourth-order valence-electron chi connectivity index (χ4n) is 4.04. The van der Waals surface area contributed by atoms with Crippen LogP contribution in [0, 0.1) is 12.8 Å². The van der Waals surface area contributed by atoms with E-state index >= 15 is 0 Å². The van der Waals surface area contributed by atoms with Gasteiger partial charge in [-0.25, -0.2) is 4.98 Å². The third-order valence-corrected chi connectivity index (χ3v) is 6.06. The molecule has 0 unspecified atom stereocenters. The van der Waals surface area contributed by atoms with Crippen LogP contribution in [0.2, 0.25) is 0 Å². The van der Waals surface area contributed by atoms with Crippen LogP contribution in [0.5, 0.6) is 0 Å². The highest BCUT2D eigenvalue weighted by atomic mass is 16.2. The lowest BCUT2D eigenvalue weighted by Crippen LogP contribution is -2.41. The summed E-state index contributed by atoms with van der Waals surface area (Å²) >= 11 is 0. The first-order chi connectivity index (χ1) is 16.0. The van der Waals surface area contributed by atoms with Gasteiger partial charge in [-0.05, 0) is 49.6 Å². The zero-order valence-electron chi connectivity index (χ0n) is 19.1. The Morgan fingerprint density at radius 2 is 1.73 bits per heavy atom. The van der Waals surface area contributed by atoms with Gasteiger partial charge in [0.25, 0.3) is 5.91 Å². The van der Waals surface area contributed by atoms with Crippen LogP contribution in [0.3, 0.4) is 0 Å². The van der Waals surface area contributed by atoms with E-state index in [0.717, 1.165) is 12.2 Å². The maximum Gasteiger partial charge on any atom is 0.253 e. The first kappa shape index (κ1) is 22.5. The number of anilines is 2. The van der Waals surface area contributed by atoms with Crippen molar-refractivity contribution in [1.82, 2.24) is 14.9 Å². The number of hydrogen-bond donors (Lipinski definition) is 1. The Bertz CT molecular complexity index is 1080. The minimum atomic E-state index is -0.131. The van der Waals surface area contributed by atoms with Gasteiger partial charge in [0.1, 0.15) is 0 Å². The second-order valence-corrected chi connectivity index (χ2v) is 8.53. The van der Waals surface area contributed by atoms with Gasteiger partial charge in [0, 0.05) is 56.2 Å². The average Bonchev–Trinajstić information content (AvgIpc) is 2.86. The Hall–Kier alpha value is -3.74. The second-order valence-electron chi connectivity index (χ2n) is 8.53. The lowest BCUT2D eigenvalue weighted by atomic mass is 9.95. The molecule has 0 aliphatic carbocycles. The summed E-state index contributed by atoms with van der Waals surface area (Å²) < 4.78 is 0. The van der Waals surface area contributed by atoms with Crippen molar-refractivity contribution in [2.45, 2.75) is 26.3 Å². The van der Waals surface area contributed by atoms with E-state index in [0.29, 0.717) is 37.3 Å². The molecule has 0 atom stereocenters. The molecule has 2 aromatic carbocycles. The molecule has 2 heterocycles. The molecule has 1 saturated heterocycles. The van der Waals surface area contributed by atoms with Crippen LogP contribution in [0.25, 0.3) is 0 Å². The first-order valence-corrected chi connectivity index (χ1v) is 11.2. The third-order valence-electron chi connectivity index (χ3n) is 6.06. The van der Waals surface area contributed by atoms with Gasteiger partial charge in [-0.1, -0.05) is 29.8 Å². The summed E-state index contributed by atoms with van der Waals surface area (Å²) in [6.45, 7) is 4.01. The minimum absolute atomic E-state index is 0.00974. The van der Waals surface area contributed by atoms with E-state index in [1.807, 2.05) is 36.2 Å². The Morgan fingerprint density at radius 1 is 1.03 bits per heavy atom. The number of rotatable bonds is 6. The average molecular weight is 444 g/mol. The van der Waals surface area contributed by atoms with Gasteiger partial charge < -0.3 is 15.1 Å². The second kappa shape index (κ2) is 10.3. The zero-order valence-corrected chi connectivity index (χ0v) is 19.1. The Balaban J connectivity index is 1.29. The van der Waals surface area contributed by atoms with Crippen LogP contribution in [0.1, 0.15) is 34.3 Å². The molecule has 7 nitrogen and oxygen atoms in total. The van der Waals surface area contributed by atoms with Crippen LogP contribution in [0.15, 0.2) is 67.1 Å². The molecule has 7 heteroatoms. The van der Waals surface area contributed by atoms with Crippen molar-refractivity contribution in [2.24, 2.45) is 5.92 Å². The van der Waals surface area contributed by atoms with Crippen molar-refractivity contribution < 1.29 is 9.59 Å². The van der Waals surface area contributed by atoms with Gasteiger partial charge in [-0.3, -0.25) is 14.6 Å². The number of nitrogens with one attached hydrogen (secondary N) is 1. The summed E-state index contributed by atoms with van der Waals surface area (Å²) in [6, 6.07) is 16.3. The van der Waals surface area contributed by atoms with Crippen LogP contribution in [-0.4, -0.2) is 46.8 Å². The molecule has 1 fully saturated rings. The Labute approximate surface area is 194 Å². The first-order valence-electron chi connectivity index (χ1n) is 11.2. The molecule has 4 rings (SSSR count). The zero-order chi connectivity index (χ0) is 23.2. The molecular weight excluding hydrogens is 414 g/mol. The van der Waals surface area contributed by atoms with E-state index in [2.05, 4.69) is 51.4 Å². The number of carbonyl (C=O) groups excluding carboxylic acids is 2. The van der Waals surface area contributed by atoms with Crippen molar-refractivity contribution in [2.75, 3.05) is 30.4 Å². The van der Waals surface area contributed by atoms with Crippen molar-refractivity contribution >= 4 is 23.3 Å². The molecule has 170 valence electrons. The van der Waals surface area contributed by atoms with E-state index in [1.54, 1.807) is 12.4 Å². The number of benzene rings is 2. The van der Waals surface area contributed by atoms with Crippen LogP contribution < -0.4 is 10.2 Å². The predicted molar refractivity (Wildman–Crippen MR) is 129 cm³/mol. The molecule has 33 heavy (non-hydrogen) atoms. The standard InChI is InChI=1S/C26H29N5O2/c1-19-3-5-20(6-4-19)18-30(2)23-9-7-22(8-10-23)26(33)31-15-11-21(12-16-31)25(32)29-24-17-27-13-14-28-24/h3-10,13-14,17,21H,11-12,15-16,18H2,1-2H3,(H,28,29,32). The number of hydrogen-bond acceptors (Lipinski definition) is 5. The maximum absolute atomic E-state index is 13.0.